The fourth-order valence-electron chi connectivity index (χ4n) is 2.46. The summed E-state index contributed by atoms with van der Waals surface area (Å²) in [6.45, 7) is 0. The van der Waals surface area contributed by atoms with Crippen molar-refractivity contribution in [1.29, 1.82) is 0 Å². The van der Waals surface area contributed by atoms with Gasteiger partial charge in [-0.05, 0) is 34.1 Å². The number of hydrogen-bond donors (Lipinski definition) is 1. The van der Waals surface area contributed by atoms with Gasteiger partial charge in [-0.15, -0.1) is 0 Å². The summed E-state index contributed by atoms with van der Waals surface area (Å²) in [4.78, 5) is 47.3. The van der Waals surface area contributed by atoms with Crippen molar-refractivity contribution in [1.82, 2.24) is 0 Å². The van der Waals surface area contributed by atoms with Crippen molar-refractivity contribution in [2.45, 2.75) is 0 Å². The number of rotatable bonds is 3. The van der Waals surface area contributed by atoms with E-state index >= 15 is 0 Å². The first-order valence-corrected chi connectivity index (χ1v) is 7.31. The van der Waals surface area contributed by atoms with Crippen LogP contribution in [0.4, 0.5) is 11.4 Å². The summed E-state index contributed by atoms with van der Waals surface area (Å²) < 4.78 is -0.0383. The van der Waals surface area contributed by atoms with Gasteiger partial charge in [0.25, 0.3) is 17.5 Å². The summed E-state index contributed by atoms with van der Waals surface area (Å²) >= 11 is 3.03. The molecule has 2 aromatic carbocycles. The standard InChI is InChI=1S/C15H7BrN2O6/c16-10-5-7(15(21)22)6-11(18(23)24)12(10)17-13(19)8-3-1-2-4-9(8)14(17)20/h1-6H,(H,21,22). The number of carbonyl (C=O) groups is 3. The summed E-state index contributed by atoms with van der Waals surface area (Å²) in [5, 5.41) is 20.4. The lowest BCUT2D eigenvalue weighted by atomic mass is 10.1. The zero-order chi connectivity index (χ0) is 17.6. The van der Waals surface area contributed by atoms with E-state index in [2.05, 4.69) is 15.9 Å². The molecule has 0 spiro atoms. The number of halogens is 1. The number of nitro groups is 1. The Morgan fingerprint density at radius 3 is 2.12 bits per heavy atom. The van der Waals surface area contributed by atoms with Gasteiger partial charge in [0, 0.05) is 10.5 Å². The van der Waals surface area contributed by atoms with Crippen LogP contribution in [0.5, 0.6) is 0 Å². The van der Waals surface area contributed by atoms with Gasteiger partial charge in [0.15, 0.2) is 0 Å². The maximum atomic E-state index is 12.5. The highest BCUT2D eigenvalue weighted by Gasteiger charge is 2.41. The number of carbonyl (C=O) groups excluding carboxylic acids is 2. The molecule has 120 valence electrons. The van der Waals surface area contributed by atoms with Crippen LogP contribution >= 0.6 is 15.9 Å². The van der Waals surface area contributed by atoms with Crippen LogP contribution in [0.3, 0.4) is 0 Å². The van der Waals surface area contributed by atoms with Crippen LogP contribution in [-0.2, 0) is 0 Å². The maximum Gasteiger partial charge on any atom is 0.335 e. The highest BCUT2D eigenvalue weighted by atomic mass is 79.9. The molecule has 0 radical (unpaired) electrons. The van der Waals surface area contributed by atoms with E-state index in [9.17, 15) is 24.5 Å². The molecular formula is C15H7BrN2O6. The maximum absolute atomic E-state index is 12.5. The van der Waals surface area contributed by atoms with Crippen LogP contribution in [0.25, 0.3) is 0 Å². The van der Waals surface area contributed by atoms with E-state index < -0.39 is 28.4 Å². The normalized spacial score (nSPS) is 13.1. The highest BCUT2D eigenvalue weighted by Crippen LogP contribution is 2.41. The molecule has 3 rings (SSSR count). The predicted octanol–water partition coefficient (Wildman–Crippen LogP) is 2.86. The number of carboxylic acid groups (broad SMARTS) is 1. The van der Waals surface area contributed by atoms with Gasteiger partial charge >= 0.3 is 5.97 Å². The minimum absolute atomic E-state index is 0.0383. The highest BCUT2D eigenvalue weighted by molar-refractivity contribution is 9.10. The van der Waals surface area contributed by atoms with E-state index in [-0.39, 0.29) is 26.9 Å². The van der Waals surface area contributed by atoms with Crippen LogP contribution in [0.1, 0.15) is 31.1 Å². The third-order valence-electron chi connectivity index (χ3n) is 3.50. The molecular weight excluding hydrogens is 384 g/mol. The van der Waals surface area contributed by atoms with Gasteiger partial charge in [-0.3, -0.25) is 19.7 Å². The Morgan fingerprint density at radius 1 is 1.12 bits per heavy atom. The van der Waals surface area contributed by atoms with E-state index in [4.69, 9.17) is 5.11 Å². The average Bonchev–Trinajstić information content (AvgIpc) is 2.78. The third kappa shape index (κ3) is 2.26. The van der Waals surface area contributed by atoms with Crippen LogP contribution < -0.4 is 4.90 Å². The number of benzene rings is 2. The van der Waals surface area contributed by atoms with Gasteiger partial charge in [-0.25, -0.2) is 9.69 Å². The van der Waals surface area contributed by atoms with Gasteiger partial charge in [-0.2, -0.15) is 0 Å². The van der Waals surface area contributed by atoms with Crippen LogP contribution in [0, 0.1) is 10.1 Å². The lowest BCUT2D eigenvalue weighted by Gasteiger charge is -2.16. The number of anilines is 1. The first-order valence-electron chi connectivity index (χ1n) is 6.52. The van der Waals surface area contributed by atoms with Crippen molar-refractivity contribution in [3.63, 3.8) is 0 Å². The second-order valence-corrected chi connectivity index (χ2v) is 5.73. The summed E-state index contributed by atoms with van der Waals surface area (Å²) in [5.74, 6) is -2.78. The topological polar surface area (TPSA) is 118 Å². The molecule has 1 aliphatic heterocycles. The van der Waals surface area contributed by atoms with Crippen molar-refractivity contribution in [3.05, 3.63) is 67.7 Å². The molecule has 0 bridgehead atoms. The Morgan fingerprint density at radius 2 is 1.67 bits per heavy atom. The summed E-state index contributed by atoms with van der Waals surface area (Å²) in [6.07, 6.45) is 0. The molecule has 0 aromatic heterocycles. The lowest BCUT2D eigenvalue weighted by Crippen LogP contribution is -2.30. The first-order chi connectivity index (χ1) is 11.3. The van der Waals surface area contributed by atoms with E-state index in [1.54, 1.807) is 12.1 Å². The van der Waals surface area contributed by atoms with Crippen molar-refractivity contribution >= 4 is 45.1 Å². The van der Waals surface area contributed by atoms with Crippen LogP contribution in [0.15, 0.2) is 40.9 Å². The Hall–Kier alpha value is -3.07. The number of aromatic carboxylic acids is 1. The number of carboxylic acids is 1. The second-order valence-electron chi connectivity index (χ2n) is 4.88. The number of amides is 2. The van der Waals surface area contributed by atoms with Gasteiger partial charge in [0.1, 0.15) is 5.69 Å². The molecule has 0 saturated heterocycles. The fraction of sp³-hybridized carbons (Fsp3) is 0. The average molecular weight is 391 g/mol. The number of hydrogen-bond acceptors (Lipinski definition) is 5. The first kappa shape index (κ1) is 15.8. The molecule has 1 heterocycles. The van der Waals surface area contributed by atoms with Gasteiger partial charge in [0.2, 0.25) is 0 Å². The molecule has 0 unspecified atom stereocenters. The van der Waals surface area contributed by atoms with Crippen molar-refractivity contribution in [3.8, 4) is 0 Å². The molecule has 0 fully saturated rings. The molecule has 9 heteroatoms. The van der Waals surface area contributed by atoms with Gasteiger partial charge in [0.05, 0.1) is 21.6 Å². The molecule has 0 aliphatic carbocycles. The quantitative estimate of drug-likeness (QED) is 0.488. The van der Waals surface area contributed by atoms with Crippen molar-refractivity contribution in [2.75, 3.05) is 4.90 Å². The third-order valence-corrected chi connectivity index (χ3v) is 4.11. The number of imide groups is 1. The molecule has 1 N–H and O–H groups in total. The number of nitrogens with zero attached hydrogens (tertiary/aromatic N) is 2. The Labute approximate surface area is 142 Å². The molecule has 0 saturated carbocycles. The van der Waals surface area contributed by atoms with E-state index in [1.165, 1.54) is 12.1 Å². The number of fused-ring (bicyclic) bond motifs is 1. The largest absolute Gasteiger partial charge is 0.478 e. The Bertz CT molecular complexity index is 905. The second kappa shape index (κ2) is 5.53. The van der Waals surface area contributed by atoms with E-state index in [1.807, 2.05) is 0 Å². The molecule has 2 amide bonds. The molecule has 24 heavy (non-hydrogen) atoms. The summed E-state index contributed by atoms with van der Waals surface area (Å²) in [7, 11) is 0. The monoisotopic (exact) mass is 390 g/mol. The van der Waals surface area contributed by atoms with Crippen molar-refractivity contribution < 1.29 is 24.4 Å². The summed E-state index contributed by atoms with van der Waals surface area (Å²) in [6, 6.07) is 7.96. The minimum Gasteiger partial charge on any atom is -0.478 e. The fourth-order valence-corrected chi connectivity index (χ4v) is 3.09. The zero-order valence-electron chi connectivity index (χ0n) is 11.7. The van der Waals surface area contributed by atoms with Gasteiger partial charge < -0.3 is 5.11 Å². The molecule has 1 aliphatic rings. The summed E-state index contributed by atoms with van der Waals surface area (Å²) in [5.41, 5.74) is -1.03. The molecule has 2 aromatic rings. The number of nitro benzene ring substituents is 1. The van der Waals surface area contributed by atoms with E-state index in [0.717, 1.165) is 12.1 Å². The van der Waals surface area contributed by atoms with Crippen LogP contribution in [0.2, 0.25) is 0 Å². The van der Waals surface area contributed by atoms with E-state index in [0.29, 0.717) is 4.90 Å². The predicted molar refractivity (Wildman–Crippen MR) is 85.3 cm³/mol. The zero-order valence-corrected chi connectivity index (χ0v) is 13.3. The molecule has 8 nitrogen and oxygen atoms in total. The smallest absolute Gasteiger partial charge is 0.335 e. The Balaban J connectivity index is 2.24. The Kier molecular flexibility index (Phi) is 3.64. The molecule has 0 atom stereocenters. The van der Waals surface area contributed by atoms with Crippen molar-refractivity contribution in [2.24, 2.45) is 0 Å². The lowest BCUT2D eigenvalue weighted by molar-refractivity contribution is -0.384. The minimum atomic E-state index is -1.37. The van der Waals surface area contributed by atoms with Crippen LogP contribution in [-0.4, -0.2) is 27.8 Å². The van der Waals surface area contributed by atoms with Gasteiger partial charge in [-0.1, -0.05) is 12.1 Å². The SMILES string of the molecule is O=C(O)c1cc(Br)c(N2C(=O)c3ccccc3C2=O)c([N+](=O)[O-])c1.